The van der Waals surface area contributed by atoms with Crippen LogP contribution in [0.3, 0.4) is 0 Å². The van der Waals surface area contributed by atoms with Crippen molar-refractivity contribution in [2.75, 3.05) is 55.3 Å². The topological polar surface area (TPSA) is 47.6 Å². The number of anilines is 3. The molecule has 1 saturated heterocycles. The van der Waals surface area contributed by atoms with Gasteiger partial charge >= 0.3 is 0 Å². The Kier molecular flexibility index (Phi) is 6.80. The highest BCUT2D eigenvalue weighted by molar-refractivity contribution is 5.91. The van der Waals surface area contributed by atoms with Gasteiger partial charge in [0, 0.05) is 56.2 Å². The predicted molar refractivity (Wildman–Crippen MR) is 123 cm³/mol. The summed E-state index contributed by atoms with van der Waals surface area (Å²) in [6, 6.07) is 16.5. The average Bonchev–Trinajstić information content (AvgIpc) is 2.69. The molecule has 1 fully saturated rings. The molecule has 2 aromatic rings. The molecule has 156 valence electrons. The minimum Gasteiger partial charge on any atom is -0.384 e. The third kappa shape index (κ3) is 5.97. The summed E-state index contributed by atoms with van der Waals surface area (Å²) in [5.74, 6) is 0.0260. The Hall–Kier alpha value is -2.53. The van der Waals surface area contributed by atoms with Gasteiger partial charge in [-0.25, -0.2) is 0 Å². The molecule has 0 bridgehead atoms. The number of nitrogens with zero attached hydrogens (tertiary/aromatic N) is 2. The van der Waals surface area contributed by atoms with Gasteiger partial charge in [-0.3, -0.25) is 4.79 Å². The van der Waals surface area contributed by atoms with Crippen LogP contribution in [0.4, 0.5) is 17.1 Å². The molecule has 1 aliphatic heterocycles. The SMILES string of the molecule is CN1CCN(c2ccc(NC(=O)CCNc3ccccc3C(C)(C)C)cc2)CC1. The summed E-state index contributed by atoms with van der Waals surface area (Å²) >= 11 is 0. The van der Waals surface area contributed by atoms with Gasteiger partial charge in [-0.05, 0) is 48.4 Å². The standard InChI is InChI=1S/C24H34N4O/c1-24(2,3)21-7-5-6-8-22(21)25-14-13-23(29)26-19-9-11-20(12-10-19)28-17-15-27(4)16-18-28/h5-12,25H,13-18H2,1-4H3,(H,26,29). The van der Waals surface area contributed by atoms with Gasteiger partial charge in [0.25, 0.3) is 0 Å². The molecular formula is C24H34N4O. The molecule has 0 atom stereocenters. The molecule has 3 rings (SSSR count). The monoisotopic (exact) mass is 394 g/mol. The van der Waals surface area contributed by atoms with Gasteiger partial charge in [-0.15, -0.1) is 0 Å². The number of para-hydroxylation sites is 1. The van der Waals surface area contributed by atoms with Crippen LogP contribution < -0.4 is 15.5 Å². The number of piperazine rings is 1. The number of hydrogen-bond acceptors (Lipinski definition) is 4. The fourth-order valence-corrected chi connectivity index (χ4v) is 3.65. The van der Waals surface area contributed by atoms with Crippen molar-refractivity contribution in [2.24, 2.45) is 0 Å². The Morgan fingerprint density at radius 3 is 2.28 bits per heavy atom. The minimum atomic E-state index is 0.0260. The third-order valence-corrected chi connectivity index (χ3v) is 5.42. The molecule has 2 aromatic carbocycles. The highest BCUT2D eigenvalue weighted by atomic mass is 16.1. The van der Waals surface area contributed by atoms with Crippen LogP contribution in [0.5, 0.6) is 0 Å². The van der Waals surface area contributed by atoms with Crippen molar-refractivity contribution >= 4 is 23.0 Å². The number of amides is 1. The Balaban J connectivity index is 1.48. The van der Waals surface area contributed by atoms with Crippen LogP contribution in [0.25, 0.3) is 0 Å². The Bertz CT molecular complexity index is 802. The number of benzene rings is 2. The molecule has 1 amide bonds. The summed E-state index contributed by atoms with van der Waals surface area (Å²) in [7, 11) is 2.16. The molecule has 0 radical (unpaired) electrons. The maximum absolute atomic E-state index is 12.3. The van der Waals surface area contributed by atoms with Crippen molar-refractivity contribution in [3.63, 3.8) is 0 Å². The highest BCUT2D eigenvalue weighted by Crippen LogP contribution is 2.29. The molecule has 2 N–H and O–H groups in total. The van der Waals surface area contributed by atoms with Crippen molar-refractivity contribution in [1.29, 1.82) is 0 Å². The van der Waals surface area contributed by atoms with Gasteiger partial charge in [0.05, 0.1) is 0 Å². The van der Waals surface area contributed by atoms with Crippen molar-refractivity contribution in [2.45, 2.75) is 32.6 Å². The van der Waals surface area contributed by atoms with E-state index in [2.05, 4.69) is 78.6 Å². The summed E-state index contributed by atoms with van der Waals surface area (Å²) in [4.78, 5) is 17.1. The molecule has 5 nitrogen and oxygen atoms in total. The van der Waals surface area contributed by atoms with Crippen LogP contribution in [-0.4, -0.2) is 50.6 Å². The first-order valence-electron chi connectivity index (χ1n) is 10.5. The number of nitrogens with one attached hydrogen (secondary N) is 2. The van der Waals surface area contributed by atoms with Gasteiger partial charge in [-0.2, -0.15) is 0 Å². The van der Waals surface area contributed by atoms with Crippen LogP contribution in [0.1, 0.15) is 32.8 Å². The number of rotatable bonds is 6. The number of carbonyl (C=O) groups is 1. The highest BCUT2D eigenvalue weighted by Gasteiger charge is 2.17. The van der Waals surface area contributed by atoms with Crippen LogP contribution in [0.2, 0.25) is 0 Å². The first-order chi connectivity index (χ1) is 13.8. The van der Waals surface area contributed by atoms with E-state index < -0.39 is 0 Å². The quantitative estimate of drug-likeness (QED) is 0.772. The molecule has 1 heterocycles. The van der Waals surface area contributed by atoms with E-state index in [1.807, 2.05) is 18.2 Å². The lowest BCUT2D eigenvalue weighted by Gasteiger charge is -2.34. The van der Waals surface area contributed by atoms with Crippen molar-refractivity contribution < 1.29 is 4.79 Å². The molecule has 29 heavy (non-hydrogen) atoms. The van der Waals surface area contributed by atoms with Gasteiger partial charge in [0.15, 0.2) is 0 Å². The van der Waals surface area contributed by atoms with E-state index in [9.17, 15) is 4.79 Å². The molecule has 0 aliphatic carbocycles. The minimum absolute atomic E-state index is 0.0260. The van der Waals surface area contributed by atoms with Crippen LogP contribution >= 0.6 is 0 Å². The molecule has 0 unspecified atom stereocenters. The van der Waals surface area contributed by atoms with Crippen LogP contribution in [0, 0.1) is 0 Å². The zero-order chi connectivity index (χ0) is 20.9. The van der Waals surface area contributed by atoms with Gasteiger partial charge in [-0.1, -0.05) is 39.0 Å². The lowest BCUT2D eigenvalue weighted by Crippen LogP contribution is -2.44. The molecule has 0 spiro atoms. The lowest BCUT2D eigenvalue weighted by atomic mass is 9.86. The maximum Gasteiger partial charge on any atom is 0.226 e. The van der Waals surface area contributed by atoms with Gasteiger partial charge in [0.2, 0.25) is 5.91 Å². The largest absolute Gasteiger partial charge is 0.384 e. The fourth-order valence-electron chi connectivity index (χ4n) is 3.65. The second-order valence-electron chi connectivity index (χ2n) is 8.86. The van der Waals surface area contributed by atoms with E-state index in [0.29, 0.717) is 13.0 Å². The van der Waals surface area contributed by atoms with E-state index >= 15 is 0 Å². The van der Waals surface area contributed by atoms with Crippen LogP contribution in [-0.2, 0) is 10.2 Å². The fraction of sp³-hybridized carbons (Fsp3) is 0.458. The second-order valence-corrected chi connectivity index (χ2v) is 8.86. The van der Waals surface area contributed by atoms with Crippen molar-refractivity contribution in [3.8, 4) is 0 Å². The predicted octanol–water partition coefficient (Wildman–Crippen LogP) is 4.18. The molecule has 0 saturated carbocycles. The van der Waals surface area contributed by atoms with Crippen LogP contribution in [0.15, 0.2) is 48.5 Å². The van der Waals surface area contributed by atoms with Crippen molar-refractivity contribution in [1.82, 2.24) is 4.90 Å². The third-order valence-electron chi connectivity index (χ3n) is 5.42. The Morgan fingerprint density at radius 1 is 0.966 bits per heavy atom. The second kappa shape index (κ2) is 9.31. The summed E-state index contributed by atoms with van der Waals surface area (Å²) < 4.78 is 0. The number of hydrogen-bond donors (Lipinski definition) is 2. The molecule has 5 heteroatoms. The van der Waals surface area contributed by atoms with Crippen molar-refractivity contribution in [3.05, 3.63) is 54.1 Å². The normalized spacial score (nSPS) is 15.2. The number of carbonyl (C=O) groups excluding carboxylic acids is 1. The van der Waals surface area contributed by atoms with E-state index in [-0.39, 0.29) is 11.3 Å². The summed E-state index contributed by atoms with van der Waals surface area (Å²) in [6.45, 7) is 11.5. The van der Waals surface area contributed by atoms with E-state index in [4.69, 9.17) is 0 Å². The summed E-state index contributed by atoms with van der Waals surface area (Å²) in [5.41, 5.74) is 4.50. The number of likely N-dealkylation sites (N-methyl/N-ethyl adjacent to an activating group) is 1. The van der Waals surface area contributed by atoms with E-state index in [1.165, 1.54) is 11.3 Å². The van der Waals surface area contributed by atoms with Gasteiger partial charge in [0.1, 0.15) is 0 Å². The molecular weight excluding hydrogens is 360 g/mol. The zero-order valence-electron chi connectivity index (χ0n) is 18.2. The molecule has 1 aliphatic rings. The molecule has 0 aromatic heterocycles. The van der Waals surface area contributed by atoms with Gasteiger partial charge < -0.3 is 20.4 Å². The smallest absolute Gasteiger partial charge is 0.226 e. The average molecular weight is 395 g/mol. The first kappa shape index (κ1) is 21.2. The lowest BCUT2D eigenvalue weighted by molar-refractivity contribution is -0.115. The zero-order valence-corrected chi connectivity index (χ0v) is 18.2. The van der Waals surface area contributed by atoms with E-state index in [1.54, 1.807) is 0 Å². The first-order valence-corrected chi connectivity index (χ1v) is 10.5. The maximum atomic E-state index is 12.3. The Labute approximate surface area is 175 Å². The summed E-state index contributed by atoms with van der Waals surface area (Å²) in [5, 5.41) is 6.43. The van der Waals surface area contributed by atoms with E-state index in [0.717, 1.165) is 37.6 Å². The Morgan fingerprint density at radius 2 is 1.62 bits per heavy atom. The summed E-state index contributed by atoms with van der Waals surface area (Å²) in [6.07, 6.45) is 0.429.